The van der Waals surface area contributed by atoms with Crippen molar-refractivity contribution in [3.8, 4) is 0 Å². The van der Waals surface area contributed by atoms with Gasteiger partial charge in [-0.25, -0.2) is 0 Å². The maximum Gasteiger partial charge on any atom is 0.191 e. The minimum Gasteiger partial charge on any atom is -0.357 e. The summed E-state index contributed by atoms with van der Waals surface area (Å²) in [7, 11) is 0. The molecule has 1 heterocycles. The highest BCUT2D eigenvalue weighted by molar-refractivity contribution is 14.0. The molecule has 2 N–H and O–H groups in total. The molecule has 0 aliphatic heterocycles. The molecule has 0 amide bonds. The summed E-state index contributed by atoms with van der Waals surface area (Å²) < 4.78 is 2.26. The monoisotopic (exact) mass is 558 g/mol. The first kappa shape index (κ1) is 27.7. The molecule has 0 saturated heterocycles. The van der Waals surface area contributed by atoms with Gasteiger partial charge in [-0.1, -0.05) is 55.9 Å². The van der Waals surface area contributed by atoms with E-state index in [-0.39, 0.29) is 24.0 Å². The van der Waals surface area contributed by atoms with E-state index in [4.69, 9.17) is 4.99 Å². The lowest BCUT2D eigenvalue weighted by atomic mass is 10.1. The zero-order chi connectivity index (χ0) is 21.8. The third kappa shape index (κ3) is 10.2. The lowest BCUT2D eigenvalue weighted by Crippen LogP contribution is -2.42. The van der Waals surface area contributed by atoms with E-state index in [9.17, 15) is 0 Å². The van der Waals surface area contributed by atoms with Gasteiger partial charge in [0.15, 0.2) is 11.1 Å². The van der Waals surface area contributed by atoms with Gasteiger partial charge < -0.3 is 15.2 Å². The largest absolute Gasteiger partial charge is 0.357 e. The summed E-state index contributed by atoms with van der Waals surface area (Å²) in [4.78, 5) is 4.77. The molecule has 0 aliphatic carbocycles. The Balaban J connectivity index is 0.00000480. The van der Waals surface area contributed by atoms with Crippen molar-refractivity contribution >= 4 is 41.7 Å². The first-order valence-electron chi connectivity index (χ1n) is 11.1. The van der Waals surface area contributed by atoms with Crippen LogP contribution in [0, 0.1) is 5.92 Å². The zero-order valence-electron chi connectivity index (χ0n) is 19.6. The number of nitrogens with zero attached hydrogens (tertiary/aromatic N) is 4. The van der Waals surface area contributed by atoms with Crippen LogP contribution in [0.2, 0.25) is 0 Å². The molecule has 0 radical (unpaired) electrons. The number of hydrogen-bond donors (Lipinski definition) is 2. The topological polar surface area (TPSA) is 67.1 Å². The van der Waals surface area contributed by atoms with E-state index >= 15 is 0 Å². The number of halogens is 1. The molecule has 1 aromatic carbocycles. The number of guanidine groups is 1. The van der Waals surface area contributed by atoms with E-state index in [1.54, 1.807) is 11.8 Å². The van der Waals surface area contributed by atoms with Crippen molar-refractivity contribution < 1.29 is 0 Å². The van der Waals surface area contributed by atoms with Gasteiger partial charge in [0, 0.05) is 32.1 Å². The molecule has 1 aromatic heterocycles. The van der Waals surface area contributed by atoms with Crippen molar-refractivity contribution in [2.24, 2.45) is 10.9 Å². The first-order valence-corrected chi connectivity index (χ1v) is 12.3. The van der Waals surface area contributed by atoms with Crippen LogP contribution < -0.4 is 10.6 Å². The second-order valence-electron chi connectivity index (χ2n) is 8.04. The van der Waals surface area contributed by atoms with Gasteiger partial charge in [0.25, 0.3) is 0 Å². The summed E-state index contributed by atoms with van der Waals surface area (Å²) in [6, 6.07) is 11.0. The predicted molar refractivity (Wildman–Crippen MR) is 144 cm³/mol. The minimum absolute atomic E-state index is 0. The highest BCUT2D eigenvalue weighted by atomic mass is 127. The number of benzene rings is 1. The zero-order valence-corrected chi connectivity index (χ0v) is 22.7. The van der Waals surface area contributed by atoms with E-state index in [2.05, 4.69) is 89.7 Å². The molecular formula is C23H39IN6S. The Kier molecular flexibility index (Phi) is 13.9. The fourth-order valence-electron chi connectivity index (χ4n) is 3.28. The average molecular weight is 559 g/mol. The average Bonchev–Trinajstić information content (AvgIpc) is 3.11. The Morgan fingerprint density at radius 2 is 1.87 bits per heavy atom. The number of rotatable bonds is 12. The maximum absolute atomic E-state index is 4.77. The Hall–Kier alpha value is -1.29. The van der Waals surface area contributed by atoms with E-state index in [0.29, 0.717) is 12.0 Å². The SMILES string of the molecule is CCNC(=NCCCc1nnc(SC)n1CC(C)C)NC(C)CCc1ccccc1.I. The molecule has 31 heavy (non-hydrogen) atoms. The van der Waals surface area contributed by atoms with Gasteiger partial charge in [-0.15, -0.1) is 34.2 Å². The van der Waals surface area contributed by atoms with Crippen molar-refractivity contribution in [1.82, 2.24) is 25.4 Å². The molecule has 8 heteroatoms. The quantitative estimate of drug-likeness (QED) is 0.129. The summed E-state index contributed by atoms with van der Waals surface area (Å²) in [6.45, 7) is 11.4. The third-order valence-corrected chi connectivity index (χ3v) is 5.46. The van der Waals surface area contributed by atoms with E-state index in [0.717, 1.165) is 62.3 Å². The van der Waals surface area contributed by atoms with Crippen molar-refractivity contribution in [3.63, 3.8) is 0 Å². The Morgan fingerprint density at radius 3 is 2.52 bits per heavy atom. The molecule has 174 valence electrons. The molecule has 0 fully saturated rings. The molecule has 1 atom stereocenters. The van der Waals surface area contributed by atoms with Gasteiger partial charge in [0.05, 0.1) is 0 Å². The summed E-state index contributed by atoms with van der Waals surface area (Å²) in [5.41, 5.74) is 1.38. The summed E-state index contributed by atoms with van der Waals surface area (Å²) in [5, 5.41) is 16.6. The molecule has 0 aliphatic rings. The molecule has 0 spiro atoms. The van der Waals surface area contributed by atoms with Gasteiger partial charge in [0.1, 0.15) is 5.82 Å². The Labute approximate surface area is 209 Å². The van der Waals surface area contributed by atoms with Crippen molar-refractivity contribution in [1.29, 1.82) is 0 Å². The van der Waals surface area contributed by atoms with Crippen LogP contribution in [0.4, 0.5) is 0 Å². The number of aryl methyl sites for hydroxylation is 2. The smallest absolute Gasteiger partial charge is 0.191 e. The van der Waals surface area contributed by atoms with Crippen LogP contribution in [0.1, 0.15) is 51.9 Å². The fraction of sp³-hybridized carbons (Fsp3) is 0.609. The normalized spacial score (nSPS) is 12.5. The second kappa shape index (κ2) is 15.5. The lowest BCUT2D eigenvalue weighted by molar-refractivity contribution is 0.477. The molecular weight excluding hydrogens is 519 g/mol. The number of aromatic nitrogens is 3. The van der Waals surface area contributed by atoms with Crippen LogP contribution in [0.5, 0.6) is 0 Å². The fourth-order valence-corrected chi connectivity index (χ4v) is 3.81. The van der Waals surface area contributed by atoms with Gasteiger partial charge in [0.2, 0.25) is 0 Å². The van der Waals surface area contributed by atoms with Crippen LogP contribution in [-0.4, -0.2) is 46.1 Å². The number of hydrogen-bond acceptors (Lipinski definition) is 4. The van der Waals surface area contributed by atoms with Crippen LogP contribution in [0.3, 0.4) is 0 Å². The van der Waals surface area contributed by atoms with Crippen LogP contribution >= 0.6 is 35.7 Å². The third-order valence-electron chi connectivity index (χ3n) is 4.79. The van der Waals surface area contributed by atoms with Crippen molar-refractivity contribution in [2.75, 3.05) is 19.3 Å². The van der Waals surface area contributed by atoms with Crippen molar-refractivity contribution in [3.05, 3.63) is 41.7 Å². The standard InChI is InChI=1S/C23H38N6S.HI/c1-6-24-22(26-19(4)14-15-20-11-8-7-9-12-20)25-16-10-13-21-27-28-23(30-5)29(21)17-18(2)3;/h7-9,11-12,18-19H,6,10,13-17H2,1-5H3,(H2,24,25,26);1H. The number of aliphatic imine (C=N–C) groups is 1. The van der Waals surface area contributed by atoms with Crippen LogP contribution in [0.15, 0.2) is 40.5 Å². The Morgan fingerprint density at radius 1 is 1.13 bits per heavy atom. The number of nitrogens with one attached hydrogen (secondary N) is 2. The molecule has 0 bridgehead atoms. The predicted octanol–water partition coefficient (Wildman–Crippen LogP) is 4.78. The molecule has 2 rings (SSSR count). The van der Waals surface area contributed by atoms with Gasteiger partial charge >= 0.3 is 0 Å². The molecule has 2 aromatic rings. The summed E-state index contributed by atoms with van der Waals surface area (Å²) in [5.74, 6) is 2.54. The molecule has 1 unspecified atom stereocenters. The first-order chi connectivity index (χ1) is 14.5. The van der Waals surface area contributed by atoms with Crippen molar-refractivity contribution in [2.45, 2.75) is 71.1 Å². The van der Waals surface area contributed by atoms with Gasteiger partial charge in [-0.3, -0.25) is 4.99 Å². The van der Waals surface area contributed by atoms with E-state index < -0.39 is 0 Å². The highest BCUT2D eigenvalue weighted by Gasteiger charge is 2.12. The lowest BCUT2D eigenvalue weighted by Gasteiger charge is -2.18. The molecule has 0 saturated carbocycles. The highest BCUT2D eigenvalue weighted by Crippen LogP contribution is 2.16. The Bertz CT molecular complexity index is 763. The summed E-state index contributed by atoms with van der Waals surface area (Å²) >= 11 is 1.66. The van der Waals surface area contributed by atoms with E-state index in [1.807, 2.05) is 0 Å². The number of thioether (sulfide) groups is 1. The summed E-state index contributed by atoms with van der Waals surface area (Å²) in [6.07, 6.45) is 6.05. The minimum atomic E-state index is 0. The van der Waals surface area contributed by atoms with Crippen LogP contribution in [0.25, 0.3) is 0 Å². The maximum atomic E-state index is 4.77. The van der Waals surface area contributed by atoms with Gasteiger partial charge in [-0.2, -0.15) is 0 Å². The van der Waals surface area contributed by atoms with Gasteiger partial charge in [-0.05, 0) is 50.8 Å². The second-order valence-corrected chi connectivity index (χ2v) is 8.81. The van der Waals surface area contributed by atoms with E-state index in [1.165, 1.54) is 5.56 Å². The van der Waals surface area contributed by atoms with Crippen LogP contribution in [-0.2, 0) is 19.4 Å². The molecule has 6 nitrogen and oxygen atoms in total.